The van der Waals surface area contributed by atoms with E-state index in [1.807, 2.05) is 6.07 Å². The number of halogens is 1. The number of benzene rings is 1. The number of hydrogen-bond acceptors (Lipinski definition) is 4. The molecule has 0 spiro atoms. The minimum atomic E-state index is -3.68. The summed E-state index contributed by atoms with van der Waals surface area (Å²) in [6, 6.07) is 6.67. The van der Waals surface area contributed by atoms with E-state index in [1.165, 1.54) is 6.20 Å². The molecule has 0 saturated carbocycles. The van der Waals surface area contributed by atoms with Gasteiger partial charge in [0.15, 0.2) is 5.03 Å². The van der Waals surface area contributed by atoms with E-state index in [2.05, 4.69) is 20.2 Å². The Balaban J connectivity index is 2.23. The third-order valence-electron chi connectivity index (χ3n) is 2.99. The molecule has 0 aliphatic rings. The number of aromatic amines is 1. The Morgan fingerprint density at radius 3 is 2.86 bits per heavy atom. The van der Waals surface area contributed by atoms with Crippen LogP contribution in [-0.2, 0) is 16.6 Å². The molecule has 0 amide bonds. The lowest BCUT2D eigenvalue weighted by molar-refractivity contribution is 0.560. The van der Waals surface area contributed by atoms with Gasteiger partial charge in [0.2, 0.25) is 0 Å². The van der Waals surface area contributed by atoms with Crippen LogP contribution in [0, 0.1) is 0 Å². The number of aromatic nitrogens is 2. The molecule has 1 aromatic heterocycles. The zero-order chi connectivity index (χ0) is 15.5. The molecule has 0 radical (unpaired) electrons. The molecule has 1 atom stereocenters. The van der Waals surface area contributed by atoms with Crippen molar-refractivity contribution >= 4 is 21.6 Å². The van der Waals surface area contributed by atoms with Crippen molar-refractivity contribution < 1.29 is 8.42 Å². The molecule has 2 aromatic rings. The van der Waals surface area contributed by atoms with Crippen molar-refractivity contribution in [2.75, 3.05) is 7.05 Å². The first-order valence-corrected chi connectivity index (χ1v) is 8.25. The fourth-order valence-corrected chi connectivity index (χ4v) is 3.54. The lowest BCUT2D eigenvalue weighted by atomic mass is 10.1. The Morgan fingerprint density at radius 2 is 2.19 bits per heavy atom. The van der Waals surface area contributed by atoms with Gasteiger partial charge in [-0.05, 0) is 31.7 Å². The second kappa shape index (κ2) is 6.57. The first kappa shape index (κ1) is 16.0. The van der Waals surface area contributed by atoms with E-state index in [9.17, 15) is 8.42 Å². The predicted octanol–water partition coefficient (Wildman–Crippen LogP) is 1.82. The Bertz CT molecular complexity index is 714. The smallest absolute Gasteiger partial charge is 0.258 e. The van der Waals surface area contributed by atoms with Crippen LogP contribution in [-0.4, -0.2) is 25.7 Å². The van der Waals surface area contributed by atoms with Crippen LogP contribution >= 0.6 is 11.6 Å². The third kappa shape index (κ3) is 3.82. The van der Waals surface area contributed by atoms with Crippen LogP contribution in [0.25, 0.3) is 0 Å². The van der Waals surface area contributed by atoms with Crippen molar-refractivity contribution in [3.8, 4) is 0 Å². The highest BCUT2D eigenvalue weighted by molar-refractivity contribution is 7.89. The van der Waals surface area contributed by atoms with Crippen LogP contribution in [0.1, 0.15) is 24.1 Å². The number of hydrogen-bond donors (Lipinski definition) is 3. The van der Waals surface area contributed by atoms with Gasteiger partial charge < -0.3 is 5.32 Å². The van der Waals surface area contributed by atoms with Crippen molar-refractivity contribution in [3.63, 3.8) is 0 Å². The maximum atomic E-state index is 12.4. The molecule has 0 aliphatic heterocycles. The normalized spacial score (nSPS) is 13.3. The van der Waals surface area contributed by atoms with Gasteiger partial charge in [0.05, 0.1) is 6.20 Å². The Morgan fingerprint density at radius 1 is 1.43 bits per heavy atom. The molecule has 0 aliphatic carbocycles. The van der Waals surface area contributed by atoms with Gasteiger partial charge in [-0.15, -0.1) is 0 Å². The number of nitrogens with one attached hydrogen (secondary N) is 3. The van der Waals surface area contributed by atoms with Gasteiger partial charge >= 0.3 is 0 Å². The number of H-pyrrole nitrogens is 1. The molecule has 2 rings (SSSR count). The first-order chi connectivity index (χ1) is 9.94. The summed E-state index contributed by atoms with van der Waals surface area (Å²) in [4.78, 5) is 0. The predicted molar refractivity (Wildman–Crippen MR) is 81.5 cm³/mol. The molecule has 6 nitrogen and oxygen atoms in total. The molecular weight excluding hydrogens is 312 g/mol. The fourth-order valence-electron chi connectivity index (χ4n) is 1.98. The van der Waals surface area contributed by atoms with Crippen molar-refractivity contribution in [2.24, 2.45) is 0 Å². The number of rotatable bonds is 6. The van der Waals surface area contributed by atoms with Gasteiger partial charge in [0, 0.05) is 23.2 Å². The van der Waals surface area contributed by atoms with Gasteiger partial charge in [-0.25, -0.2) is 13.1 Å². The average molecular weight is 329 g/mol. The molecule has 0 saturated heterocycles. The highest BCUT2D eigenvalue weighted by atomic mass is 35.5. The monoisotopic (exact) mass is 328 g/mol. The summed E-state index contributed by atoms with van der Waals surface area (Å²) in [5.74, 6) is 0. The third-order valence-corrected chi connectivity index (χ3v) is 4.78. The lowest BCUT2D eigenvalue weighted by Gasteiger charge is -2.15. The topological polar surface area (TPSA) is 86.9 Å². The molecule has 0 fully saturated rings. The average Bonchev–Trinajstić information content (AvgIpc) is 2.88. The largest absolute Gasteiger partial charge is 0.316 e. The summed E-state index contributed by atoms with van der Waals surface area (Å²) in [6.45, 7) is 2.18. The van der Waals surface area contributed by atoms with E-state index in [-0.39, 0.29) is 5.03 Å². The quantitative estimate of drug-likeness (QED) is 0.755. The summed E-state index contributed by atoms with van der Waals surface area (Å²) >= 11 is 5.92. The fraction of sp³-hybridized carbons (Fsp3) is 0.308. The van der Waals surface area contributed by atoms with Crippen molar-refractivity contribution in [1.82, 2.24) is 20.2 Å². The van der Waals surface area contributed by atoms with E-state index in [0.29, 0.717) is 17.1 Å². The maximum absolute atomic E-state index is 12.4. The molecule has 1 heterocycles. The molecule has 114 valence electrons. The highest BCUT2D eigenvalue weighted by Crippen LogP contribution is 2.20. The second-order valence-electron chi connectivity index (χ2n) is 4.65. The standard InChI is InChI=1S/C13H17ClN4O2S/c1-9(10-4-3-5-12(14)6-10)18-21(19,20)13-11(7-15-2)8-16-17-13/h3-6,8-9,15,18H,7H2,1-2H3,(H,16,17). The summed E-state index contributed by atoms with van der Waals surface area (Å²) in [5.41, 5.74) is 1.38. The van der Waals surface area contributed by atoms with E-state index in [1.54, 1.807) is 32.2 Å². The minimum Gasteiger partial charge on any atom is -0.316 e. The van der Waals surface area contributed by atoms with E-state index in [4.69, 9.17) is 11.6 Å². The van der Waals surface area contributed by atoms with Crippen LogP contribution in [0.4, 0.5) is 0 Å². The number of nitrogens with zero attached hydrogens (tertiary/aromatic N) is 1. The van der Waals surface area contributed by atoms with Gasteiger partial charge in [0.1, 0.15) is 0 Å². The summed E-state index contributed by atoms with van der Waals surface area (Å²) in [6.07, 6.45) is 1.50. The zero-order valence-corrected chi connectivity index (χ0v) is 13.3. The van der Waals surface area contributed by atoms with Crippen molar-refractivity contribution in [1.29, 1.82) is 0 Å². The van der Waals surface area contributed by atoms with E-state index in [0.717, 1.165) is 5.56 Å². The van der Waals surface area contributed by atoms with Gasteiger partial charge in [0.25, 0.3) is 10.0 Å². The molecule has 1 aromatic carbocycles. The minimum absolute atomic E-state index is 0.0747. The molecule has 1 unspecified atom stereocenters. The van der Waals surface area contributed by atoms with Crippen LogP contribution in [0.3, 0.4) is 0 Å². The van der Waals surface area contributed by atoms with Crippen molar-refractivity contribution in [2.45, 2.75) is 24.5 Å². The first-order valence-electron chi connectivity index (χ1n) is 6.38. The van der Waals surface area contributed by atoms with Crippen LogP contribution in [0.15, 0.2) is 35.5 Å². The van der Waals surface area contributed by atoms with E-state index < -0.39 is 16.1 Å². The Hall–Kier alpha value is -1.41. The summed E-state index contributed by atoms with van der Waals surface area (Å²) in [5, 5.41) is 9.87. The highest BCUT2D eigenvalue weighted by Gasteiger charge is 2.23. The molecule has 0 bridgehead atoms. The van der Waals surface area contributed by atoms with Crippen LogP contribution in [0.2, 0.25) is 5.02 Å². The van der Waals surface area contributed by atoms with Crippen LogP contribution in [0.5, 0.6) is 0 Å². The second-order valence-corrected chi connectivity index (χ2v) is 6.74. The SMILES string of the molecule is CNCc1cn[nH]c1S(=O)(=O)NC(C)c1cccc(Cl)c1. The molecular formula is C13H17ClN4O2S. The molecule has 8 heteroatoms. The Labute approximate surface area is 129 Å². The van der Waals surface area contributed by atoms with E-state index >= 15 is 0 Å². The maximum Gasteiger partial charge on any atom is 0.258 e. The van der Waals surface area contributed by atoms with Gasteiger partial charge in [-0.1, -0.05) is 23.7 Å². The van der Waals surface area contributed by atoms with Gasteiger partial charge in [-0.2, -0.15) is 5.10 Å². The van der Waals surface area contributed by atoms with Crippen molar-refractivity contribution in [3.05, 3.63) is 46.6 Å². The zero-order valence-electron chi connectivity index (χ0n) is 11.7. The number of sulfonamides is 1. The molecule has 3 N–H and O–H groups in total. The summed E-state index contributed by atoms with van der Waals surface area (Å²) in [7, 11) is -1.94. The van der Waals surface area contributed by atoms with Gasteiger partial charge in [-0.3, -0.25) is 5.10 Å². The van der Waals surface area contributed by atoms with Crippen LogP contribution < -0.4 is 10.0 Å². The Kier molecular flexibility index (Phi) is 5.00. The molecule has 21 heavy (non-hydrogen) atoms. The summed E-state index contributed by atoms with van der Waals surface area (Å²) < 4.78 is 27.4. The lowest BCUT2D eigenvalue weighted by Crippen LogP contribution is -2.28.